The molecule has 0 amide bonds. The van der Waals surface area contributed by atoms with E-state index in [1.165, 1.54) is 43.6 Å². The van der Waals surface area contributed by atoms with Crippen LogP contribution in [0.15, 0.2) is 261 Å². The van der Waals surface area contributed by atoms with E-state index in [0.717, 1.165) is 89.1 Å². The zero-order valence-electron chi connectivity index (χ0n) is 39.2. The fraction of sp³-hybridized carbons (Fsp3) is 0. The Morgan fingerprint density at radius 1 is 0.292 bits per heavy atom. The van der Waals surface area contributed by atoms with E-state index in [4.69, 9.17) is 9.97 Å². The van der Waals surface area contributed by atoms with Gasteiger partial charge in [0.2, 0.25) is 0 Å². The van der Waals surface area contributed by atoms with E-state index in [9.17, 15) is 0 Å². The maximum Gasteiger partial charge on any atom is 0.145 e. The van der Waals surface area contributed by atoms with E-state index in [-0.39, 0.29) is 0 Å². The Morgan fingerprint density at radius 2 is 0.681 bits per heavy atom. The molecule has 0 saturated heterocycles. The summed E-state index contributed by atoms with van der Waals surface area (Å²) >= 11 is 0. The Hall–Kier alpha value is -9.64. The molecule has 0 aliphatic heterocycles. The van der Waals surface area contributed by atoms with Crippen molar-refractivity contribution in [1.29, 1.82) is 0 Å². The molecule has 0 atom stereocenters. The third-order valence-corrected chi connectivity index (χ3v) is 14.3. The quantitative estimate of drug-likeness (QED) is 0.112. The fourth-order valence-corrected chi connectivity index (χ4v) is 11.0. The van der Waals surface area contributed by atoms with Crippen LogP contribution in [0.25, 0.3) is 122 Å². The van der Waals surface area contributed by atoms with E-state index < -0.39 is 0 Å². The average molecular weight is 917 g/mol. The van der Waals surface area contributed by atoms with Crippen LogP contribution in [0.5, 0.6) is 0 Å². The molecule has 2 aromatic heterocycles. The van der Waals surface area contributed by atoms with Crippen LogP contribution in [0.4, 0.5) is 0 Å². The number of para-hydroxylation sites is 1. The summed E-state index contributed by atoms with van der Waals surface area (Å²) < 4.78 is 4.72. The first kappa shape index (κ1) is 41.3. The maximum absolute atomic E-state index is 5.64. The second kappa shape index (κ2) is 17.1. The number of fused-ring (bicyclic) bond motifs is 12. The Kier molecular flexibility index (Phi) is 9.82. The highest BCUT2D eigenvalue weighted by Gasteiger charge is 2.23. The van der Waals surface area contributed by atoms with Crippen LogP contribution in [0.3, 0.4) is 0 Å². The number of hydrogen-bond donors (Lipinski definition) is 0. The summed E-state index contributed by atoms with van der Waals surface area (Å²) in [6, 6.07) is 93.4. The number of aromatic nitrogens is 4. The van der Waals surface area contributed by atoms with Gasteiger partial charge >= 0.3 is 0 Å². The zero-order chi connectivity index (χ0) is 47.5. The van der Waals surface area contributed by atoms with Gasteiger partial charge in [-0.1, -0.05) is 218 Å². The zero-order valence-corrected chi connectivity index (χ0v) is 39.2. The molecule has 0 aliphatic carbocycles. The van der Waals surface area contributed by atoms with E-state index in [0.29, 0.717) is 0 Å². The monoisotopic (exact) mass is 916 g/mol. The van der Waals surface area contributed by atoms with Crippen molar-refractivity contribution in [2.45, 2.75) is 0 Å². The summed E-state index contributed by atoms with van der Waals surface area (Å²) in [5.41, 5.74) is 15.3. The highest BCUT2D eigenvalue weighted by atomic mass is 15.1. The number of nitrogens with zero attached hydrogens (tertiary/aromatic N) is 4. The predicted molar refractivity (Wildman–Crippen MR) is 302 cm³/mol. The second-order valence-electron chi connectivity index (χ2n) is 18.5. The summed E-state index contributed by atoms with van der Waals surface area (Å²) in [6.45, 7) is 0. The van der Waals surface area contributed by atoms with Gasteiger partial charge in [0.15, 0.2) is 0 Å². The van der Waals surface area contributed by atoms with Gasteiger partial charge in [-0.3, -0.25) is 9.13 Å². The molecule has 336 valence electrons. The highest BCUT2D eigenvalue weighted by molar-refractivity contribution is 6.25. The van der Waals surface area contributed by atoms with Crippen molar-refractivity contribution in [2.24, 2.45) is 0 Å². The van der Waals surface area contributed by atoms with Crippen LogP contribution in [-0.2, 0) is 0 Å². The summed E-state index contributed by atoms with van der Waals surface area (Å²) in [7, 11) is 0. The molecular formula is C68H44N4. The Balaban J connectivity index is 0.933. The predicted octanol–water partition coefficient (Wildman–Crippen LogP) is 17.6. The molecule has 0 fully saturated rings. The van der Waals surface area contributed by atoms with E-state index in [2.05, 4.69) is 276 Å². The van der Waals surface area contributed by atoms with Gasteiger partial charge in [-0.05, 0) is 103 Å². The lowest BCUT2D eigenvalue weighted by Gasteiger charge is -2.15. The lowest BCUT2D eigenvalue weighted by Crippen LogP contribution is -2.00. The van der Waals surface area contributed by atoms with Crippen LogP contribution < -0.4 is 0 Å². The smallest absolute Gasteiger partial charge is 0.145 e. The average Bonchev–Trinajstić information content (AvgIpc) is 4.07. The second-order valence-corrected chi connectivity index (χ2v) is 18.5. The minimum absolute atomic E-state index is 0.880. The van der Waals surface area contributed by atoms with Crippen molar-refractivity contribution < 1.29 is 0 Å². The molecule has 0 spiro atoms. The standard InChI is InChI=1S/C68H44N4/c1-4-19-47(20-5-1)62(48-21-6-2-7-22-48)43-45-35-37-46(38-36-45)50-23-18-24-51(44-50)68-70-64-59-32-15-11-28-55(59)57-30-13-17-34-61(57)66(64)72(68)53-41-39-49(40-42-53)67-69-63-58-31-14-10-27-54(58)56-29-12-16-33-60(56)65(63)71(67)52-25-8-3-9-26-52/h1-44H. The van der Waals surface area contributed by atoms with Crippen molar-refractivity contribution in [2.75, 3.05) is 0 Å². The number of hydrogen-bond acceptors (Lipinski definition) is 2. The molecule has 0 N–H and O–H groups in total. The van der Waals surface area contributed by atoms with Gasteiger partial charge in [-0.15, -0.1) is 0 Å². The van der Waals surface area contributed by atoms with Gasteiger partial charge in [0.05, 0.1) is 22.1 Å². The van der Waals surface area contributed by atoms with Gasteiger partial charge in [-0.2, -0.15) is 0 Å². The molecule has 0 saturated carbocycles. The first-order valence-corrected chi connectivity index (χ1v) is 24.6. The van der Waals surface area contributed by atoms with Crippen molar-refractivity contribution >= 4 is 76.8 Å². The first-order valence-electron chi connectivity index (χ1n) is 24.6. The first-order chi connectivity index (χ1) is 35.7. The number of imidazole rings is 2. The van der Waals surface area contributed by atoms with Gasteiger partial charge in [0.1, 0.15) is 11.6 Å². The molecule has 0 unspecified atom stereocenters. The Labute approximate surface area is 416 Å². The van der Waals surface area contributed by atoms with E-state index >= 15 is 0 Å². The molecule has 2 heterocycles. The summed E-state index contributed by atoms with van der Waals surface area (Å²) in [6.07, 6.45) is 2.29. The summed E-state index contributed by atoms with van der Waals surface area (Å²) in [5.74, 6) is 1.77. The molecule has 0 aliphatic rings. The highest BCUT2D eigenvalue weighted by Crippen LogP contribution is 2.42. The molecule has 4 heteroatoms. The Bertz CT molecular complexity index is 4350. The van der Waals surface area contributed by atoms with Crippen molar-refractivity contribution in [1.82, 2.24) is 19.1 Å². The summed E-state index contributed by atoms with van der Waals surface area (Å²) in [5, 5.41) is 9.41. The van der Waals surface area contributed by atoms with Gasteiger partial charge < -0.3 is 0 Å². The molecule has 14 aromatic rings. The van der Waals surface area contributed by atoms with Gasteiger partial charge in [-0.25, -0.2) is 9.97 Å². The van der Waals surface area contributed by atoms with Crippen LogP contribution in [0, 0.1) is 0 Å². The molecular weight excluding hydrogens is 873 g/mol. The largest absolute Gasteiger partial charge is 0.292 e. The number of benzene rings is 12. The van der Waals surface area contributed by atoms with Crippen molar-refractivity contribution in [3.8, 4) is 45.3 Å². The SMILES string of the molecule is C(=C(c1ccccc1)c1ccccc1)c1ccc(-c2cccc(-c3nc4c5ccccc5c5ccccc5c4n3-c3ccc(-c4nc5c6ccccc6c6ccccc6c5n4-c4ccccc4)cc3)c2)cc1. The van der Waals surface area contributed by atoms with Crippen molar-refractivity contribution in [3.63, 3.8) is 0 Å². The molecule has 12 aromatic carbocycles. The van der Waals surface area contributed by atoms with Gasteiger partial charge in [0, 0.05) is 44.0 Å². The van der Waals surface area contributed by atoms with Crippen LogP contribution in [0.1, 0.15) is 16.7 Å². The minimum atomic E-state index is 0.880. The Morgan fingerprint density at radius 3 is 1.19 bits per heavy atom. The summed E-state index contributed by atoms with van der Waals surface area (Å²) in [4.78, 5) is 11.2. The molecule has 14 rings (SSSR count). The lowest BCUT2D eigenvalue weighted by molar-refractivity contribution is 1.09. The number of rotatable bonds is 8. The van der Waals surface area contributed by atoms with E-state index in [1.807, 2.05) is 0 Å². The van der Waals surface area contributed by atoms with Crippen LogP contribution >= 0.6 is 0 Å². The maximum atomic E-state index is 5.64. The molecule has 0 bridgehead atoms. The third kappa shape index (κ3) is 6.84. The third-order valence-electron chi connectivity index (χ3n) is 14.3. The minimum Gasteiger partial charge on any atom is -0.292 e. The van der Waals surface area contributed by atoms with Crippen molar-refractivity contribution in [3.05, 3.63) is 278 Å². The lowest BCUT2D eigenvalue weighted by atomic mass is 9.95. The van der Waals surface area contributed by atoms with Gasteiger partial charge in [0.25, 0.3) is 0 Å². The normalized spacial score (nSPS) is 11.6. The molecule has 4 nitrogen and oxygen atoms in total. The van der Waals surface area contributed by atoms with Crippen LogP contribution in [0.2, 0.25) is 0 Å². The van der Waals surface area contributed by atoms with E-state index in [1.54, 1.807) is 0 Å². The van der Waals surface area contributed by atoms with Crippen LogP contribution in [-0.4, -0.2) is 19.1 Å². The molecule has 0 radical (unpaired) electrons. The topological polar surface area (TPSA) is 35.6 Å². The fourth-order valence-electron chi connectivity index (χ4n) is 11.0. The molecule has 72 heavy (non-hydrogen) atoms.